The second-order valence-electron chi connectivity index (χ2n) is 7.86. The van der Waals surface area contributed by atoms with Crippen molar-refractivity contribution in [3.8, 4) is 0 Å². The number of pyridine rings is 1. The Bertz CT molecular complexity index is 953. The largest absolute Gasteiger partial charge is 0.341 e. The molecule has 0 unspecified atom stereocenters. The summed E-state index contributed by atoms with van der Waals surface area (Å²) >= 11 is 1.32. The molecular formula is C23H31N3O3S2. The Morgan fingerprint density at radius 2 is 1.68 bits per heavy atom. The van der Waals surface area contributed by atoms with Gasteiger partial charge in [0.2, 0.25) is 15.9 Å². The van der Waals surface area contributed by atoms with Gasteiger partial charge < -0.3 is 4.90 Å². The zero-order chi connectivity index (χ0) is 22.3. The number of hydrogen-bond donors (Lipinski definition) is 0. The number of rotatable bonds is 8. The van der Waals surface area contributed by atoms with Gasteiger partial charge >= 0.3 is 0 Å². The number of carbonyl (C=O) groups excluding carboxylic acids is 1. The van der Waals surface area contributed by atoms with Gasteiger partial charge in [0, 0.05) is 32.9 Å². The Morgan fingerprint density at radius 1 is 1.03 bits per heavy atom. The van der Waals surface area contributed by atoms with Gasteiger partial charge in [0.15, 0.2) is 0 Å². The lowest BCUT2D eigenvalue weighted by molar-refractivity contribution is -0.127. The zero-order valence-corrected chi connectivity index (χ0v) is 19.9. The topological polar surface area (TPSA) is 70.6 Å². The predicted octanol–water partition coefficient (Wildman–Crippen LogP) is 3.96. The predicted molar refractivity (Wildman–Crippen MR) is 124 cm³/mol. The number of amides is 1. The van der Waals surface area contributed by atoms with E-state index in [0.717, 1.165) is 37.7 Å². The first-order valence-electron chi connectivity index (χ1n) is 10.8. The molecule has 1 aliphatic rings. The van der Waals surface area contributed by atoms with Crippen LogP contribution in [0, 0.1) is 0 Å². The Balaban J connectivity index is 1.53. The first-order chi connectivity index (χ1) is 14.9. The molecule has 6 nitrogen and oxygen atoms in total. The Kier molecular flexibility index (Phi) is 8.51. The minimum atomic E-state index is -3.50. The molecule has 1 aromatic carbocycles. The van der Waals surface area contributed by atoms with Gasteiger partial charge in [0.25, 0.3) is 0 Å². The standard InChI is InChI=1S/C23H31N3O3S2/c1-3-19-8-10-20(11-9-19)17-25(2)23(27)18-30-22-13-12-21(16-24-22)31(28,29)26-14-6-4-5-7-15-26/h8-13,16H,3-7,14-15,17-18H2,1-2H3. The lowest BCUT2D eigenvalue weighted by Crippen LogP contribution is -2.32. The normalized spacial score (nSPS) is 15.4. The van der Waals surface area contributed by atoms with Gasteiger partial charge in [0.1, 0.15) is 4.90 Å². The summed E-state index contributed by atoms with van der Waals surface area (Å²) in [6.07, 6.45) is 6.36. The van der Waals surface area contributed by atoms with Gasteiger partial charge in [-0.25, -0.2) is 13.4 Å². The number of aryl methyl sites for hydroxylation is 1. The third-order valence-electron chi connectivity index (χ3n) is 5.53. The average molecular weight is 462 g/mol. The summed E-state index contributed by atoms with van der Waals surface area (Å²) < 4.78 is 27.2. The smallest absolute Gasteiger partial charge is 0.244 e. The highest BCUT2D eigenvalue weighted by Crippen LogP contribution is 2.22. The van der Waals surface area contributed by atoms with Crippen LogP contribution in [0.2, 0.25) is 0 Å². The third kappa shape index (κ3) is 6.54. The molecule has 8 heteroatoms. The van der Waals surface area contributed by atoms with E-state index in [-0.39, 0.29) is 16.6 Å². The van der Waals surface area contributed by atoms with Gasteiger partial charge in [-0.05, 0) is 42.5 Å². The van der Waals surface area contributed by atoms with E-state index >= 15 is 0 Å². The quantitative estimate of drug-likeness (QED) is 0.557. The molecule has 1 saturated heterocycles. The second-order valence-corrected chi connectivity index (χ2v) is 10.8. The van der Waals surface area contributed by atoms with Crippen LogP contribution in [-0.4, -0.2) is 54.4 Å². The van der Waals surface area contributed by atoms with Crippen LogP contribution in [0.5, 0.6) is 0 Å². The maximum absolute atomic E-state index is 12.8. The second kappa shape index (κ2) is 11.1. The minimum absolute atomic E-state index is 0.00707. The number of benzene rings is 1. The fourth-order valence-corrected chi connectivity index (χ4v) is 5.77. The molecule has 0 radical (unpaired) electrons. The van der Waals surface area contributed by atoms with Crippen molar-refractivity contribution in [3.63, 3.8) is 0 Å². The van der Waals surface area contributed by atoms with Crippen LogP contribution >= 0.6 is 11.8 Å². The number of nitrogens with zero attached hydrogens (tertiary/aromatic N) is 3. The Labute approximate surface area is 190 Å². The van der Waals surface area contributed by atoms with E-state index in [2.05, 4.69) is 36.2 Å². The van der Waals surface area contributed by atoms with Gasteiger partial charge in [0.05, 0.1) is 10.8 Å². The van der Waals surface area contributed by atoms with Crippen molar-refractivity contribution in [2.45, 2.75) is 55.5 Å². The fraction of sp³-hybridized carbons (Fsp3) is 0.478. The first kappa shape index (κ1) is 23.8. The molecule has 1 amide bonds. The summed E-state index contributed by atoms with van der Waals surface area (Å²) in [6.45, 7) is 3.82. The zero-order valence-electron chi connectivity index (χ0n) is 18.3. The monoisotopic (exact) mass is 461 g/mol. The van der Waals surface area contributed by atoms with E-state index in [1.807, 2.05) is 0 Å². The van der Waals surface area contributed by atoms with Crippen molar-refractivity contribution in [1.82, 2.24) is 14.2 Å². The Hall–Kier alpha value is -1.90. The summed E-state index contributed by atoms with van der Waals surface area (Å²) in [4.78, 5) is 18.7. The summed E-state index contributed by atoms with van der Waals surface area (Å²) in [5, 5.41) is 0.642. The van der Waals surface area contributed by atoms with Crippen LogP contribution < -0.4 is 0 Å². The molecule has 0 N–H and O–H groups in total. The van der Waals surface area contributed by atoms with E-state index in [0.29, 0.717) is 24.7 Å². The molecular weight excluding hydrogens is 430 g/mol. The van der Waals surface area contributed by atoms with Gasteiger partial charge in [-0.3, -0.25) is 4.79 Å². The van der Waals surface area contributed by atoms with Crippen LogP contribution in [0.15, 0.2) is 52.5 Å². The third-order valence-corrected chi connectivity index (χ3v) is 8.34. The number of thioether (sulfide) groups is 1. The number of aromatic nitrogens is 1. The molecule has 2 heterocycles. The maximum atomic E-state index is 12.8. The molecule has 0 bridgehead atoms. The van der Waals surface area contributed by atoms with Crippen molar-refractivity contribution in [2.75, 3.05) is 25.9 Å². The fourth-order valence-electron chi connectivity index (χ4n) is 3.52. The molecule has 0 spiro atoms. The molecule has 0 aliphatic carbocycles. The molecule has 31 heavy (non-hydrogen) atoms. The molecule has 1 aromatic heterocycles. The molecule has 168 valence electrons. The van der Waals surface area contributed by atoms with Crippen LogP contribution in [0.25, 0.3) is 0 Å². The highest BCUT2D eigenvalue weighted by atomic mass is 32.2. The van der Waals surface area contributed by atoms with E-state index in [9.17, 15) is 13.2 Å². The van der Waals surface area contributed by atoms with E-state index in [1.165, 1.54) is 23.5 Å². The van der Waals surface area contributed by atoms with Crippen LogP contribution in [-0.2, 0) is 27.8 Å². The SMILES string of the molecule is CCc1ccc(CN(C)C(=O)CSc2ccc(S(=O)(=O)N3CCCCCC3)cn2)cc1. The minimum Gasteiger partial charge on any atom is -0.341 e. The summed E-state index contributed by atoms with van der Waals surface area (Å²) in [5.74, 6) is 0.266. The molecule has 1 fully saturated rings. The lowest BCUT2D eigenvalue weighted by atomic mass is 10.1. The van der Waals surface area contributed by atoms with Crippen LogP contribution in [0.4, 0.5) is 0 Å². The van der Waals surface area contributed by atoms with Crippen molar-refractivity contribution >= 4 is 27.7 Å². The molecule has 2 aromatic rings. The maximum Gasteiger partial charge on any atom is 0.244 e. The van der Waals surface area contributed by atoms with Gasteiger partial charge in [-0.2, -0.15) is 4.31 Å². The highest BCUT2D eigenvalue weighted by Gasteiger charge is 2.25. The van der Waals surface area contributed by atoms with Crippen molar-refractivity contribution in [3.05, 3.63) is 53.7 Å². The van der Waals surface area contributed by atoms with Crippen molar-refractivity contribution in [2.24, 2.45) is 0 Å². The summed E-state index contributed by atoms with van der Waals surface area (Å²) in [6, 6.07) is 11.6. The van der Waals surface area contributed by atoms with E-state index in [4.69, 9.17) is 0 Å². The Morgan fingerprint density at radius 3 is 2.26 bits per heavy atom. The van der Waals surface area contributed by atoms with Crippen molar-refractivity contribution < 1.29 is 13.2 Å². The average Bonchev–Trinajstić information content (AvgIpc) is 3.08. The first-order valence-corrected chi connectivity index (χ1v) is 13.2. The van der Waals surface area contributed by atoms with Crippen molar-refractivity contribution in [1.29, 1.82) is 0 Å². The molecule has 0 atom stereocenters. The van der Waals surface area contributed by atoms with Crippen LogP contribution in [0.3, 0.4) is 0 Å². The molecule has 0 saturated carbocycles. The van der Waals surface area contributed by atoms with E-state index in [1.54, 1.807) is 28.4 Å². The van der Waals surface area contributed by atoms with Gasteiger partial charge in [-0.1, -0.05) is 55.8 Å². The van der Waals surface area contributed by atoms with Gasteiger partial charge in [-0.15, -0.1) is 0 Å². The van der Waals surface area contributed by atoms with E-state index < -0.39 is 10.0 Å². The lowest BCUT2D eigenvalue weighted by Gasteiger charge is -2.19. The number of carbonyl (C=O) groups is 1. The highest BCUT2D eigenvalue weighted by molar-refractivity contribution is 7.99. The van der Waals surface area contributed by atoms with Crippen LogP contribution in [0.1, 0.15) is 43.7 Å². The molecule has 1 aliphatic heterocycles. The number of sulfonamides is 1. The summed E-state index contributed by atoms with van der Waals surface area (Å²) in [5.41, 5.74) is 2.37. The summed E-state index contributed by atoms with van der Waals surface area (Å²) in [7, 11) is -1.71. The number of hydrogen-bond acceptors (Lipinski definition) is 5. The molecule has 3 rings (SSSR count).